The number of ketones is 1. The number of hydrogen-bond acceptors (Lipinski definition) is 3. The van der Waals surface area contributed by atoms with Crippen LogP contribution >= 0.6 is 0 Å². The van der Waals surface area contributed by atoms with E-state index < -0.39 is 5.97 Å². The molecule has 0 aliphatic carbocycles. The van der Waals surface area contributed by atoms with E-state index in [-0.39, 0.29) is 11.3 Å². The molecule has 0 saturated carbocycles. The Labute approximate surface area is 151 Å². The van der Waals surface area contributed by atoms with Crippen LogP contribution in [0.4, 0.5) is 0 Å². The first-order valence-electron chi connectivity index (χ1n) is 9.31. The zero-order chi connectivity index (χ0) is 18.5. The number of carboxylic acids is 1. The Morgan fingerprint density at radius 3 is 2.32 bits per heavy atom. The van der Waals surface area contributed by atoms with Crippen LogP contribution in [0.1, 0.15) is 81.1 Å². The average molecular weight is 345 g/mol. The van der Waals surface area contributed by atoms with Crippen LogP contribution in [0.3, 0.4) is 0 Å². The van der Waals surface area contributed by atoms with Gasteiger partial charge in [0, 0.05) is 19.1 Å². The van der Waals surface area contributed by atoms with Gasteiger partial charge in [-0.2, -0.15) is 0 Å². The monoisotopic (exact) mass is 345 g/mol. The molecule has 0 radical (unpaired) electrons. The highest BCUT2D eigenvalue weighted by molar-refractivity contribution is 5.91. The highest BCUT2D eigenvalue weighted by atomic mass is 16.4. The summed E-state index contributed by atoms with van der Waals surface area (Å²) in [4.78, 5) is 26.8. The normalized spacial score (nSPS) is 11.3. The van der Waals surface area contributed by atoms with Crippen LogP contribution in [0.25, 0.3) is 0 Å². The maximum atomic E-state index is 11.8. The van der Waals surface area contributed by atoms with Crippen LogP contribution in [0.2, 0.25) is 0 Å². The van der Waals surface area contributed by atoms with Crippen molar-refractivity contribution in [1.82, 2.24) is 0 Å². The number of nitrogens with zero attached hydrogens (tertiary/aromatic N) is 1. The van der Waals surface area contributed by atoms with Crippen molar-refractivity contribution in [1.29, 1.82) is 0 Å². The molecule has 0 amide bonds. The van der Waals surface area contributed by atoms with Crippen LogP contribution < -0.4 is 0 Å². The zero-order valence-electron chi connectivity index (χ0n) is 15.5. The van der Waals surface area contributed by atoms with E-state index >= 15 is 0 Å². The van der Waals surface area contributed by atoms with E-state index in [1.165, 1.54) is 25.7 Å². The third kappa shape index (κ3) is 10.5. The number of rotatable bonds is 13. The number of aromatic carboxylic acids is 1. The number of Topliss-reactive ketones (excluding diaryl/α,β-unsaturated/α-hetero) is 1. The molecule has 0 fully saturated rings. The van der Waals surface area contributed by atoms with Crippen molar-refractivity contribution < 1.29 is 14.7 Å². The van der Waals surface area contributed by atoms with Gasteiger partial charge >= 0.3 is 5.97 Å². The van der Waals surface area contributed by atoms with E-state index in [2.05, 4.69) is 18.8 Å². The molecule has 1 aromatic carbocycles. The molecule has 138 valence electrons. The minimum atomic E-state index is -0.930. The molecule has 0 aromatic heterocycles. The molecule has 0 bridgehead atoms. The van der Waals surface area contributed by atoms with Gasteiger partial charge in [0.1, 0.15) is 5.78 Å². The van der Waals surface area contributed by atoms with Gasteiger partial charge < -0.3 is 5.11 Å². The van der Waals surface area contributed by atoms with Gasteiger partial charge in [0.25, 0.3) is 0 Å². The average Bonchev–Trinajstić information content (AvgIpc) is 2.58. The minimum absolute atomic E-state index is 0.243. The summed E-state index contributed by atoms with van der Waals surface area (Å²) in [7, 11) is 0. The highest BCUT2D eigenvalue weighted by Gasteiger charge is 2.02. The highest BCUT2D eigenvalue weighted by Crippen LogP contribution is 2.11. The number of carboxylic acid groups (broad SMARTS) is 1. The Balaban J connectivity index is 2.09. The second-order valence-electron chi connectivity index (χ2n) is 6.97. The first-order valence-corrected chi connectivity index (χ1v) is 9.31. The third-order valence-corrected chi connectivity index (χ3v) is 4.16. The van der Waals surface area contributed by atoms with Gasteiger partial charge in [-0.1, -0.05) is 58.1 Å². The quantitative estimate of drug-likeness (QED) is 0.389. The minimum Gasteiger partial charge on any atom is -0.478 e. The Morgan fingerprint density at radius 1 is 1.04 bits per heavy atom. The van der Waals surface area contributed by atoms with Crippen molar-refractivity contribution in [3.05, 3.63) is 35.4 Å². The van der Waals surface area contributed by atoms with Gasteiger partial charge in [-0.3, -0.25) is 9.79 Å². The van der Waals surface area contributed by atoms with Crippen molar-refractivity contribution in [2.24, 2.45) is 10.9 Å². The molecule has 25 heavy (non-hydrogen) atoms. The summed E-state index contributed by atoms with van der Waals surface area (Å²) in [6.45, 7) is 4.99. The van der Waals surface area contributed by atoms with Crippen LogP contribution in [-0.2, 0) is 11.3 Å². The second-order valence-corrected chi connectivity index (χ2v) is 6.97. The van der Waals surface area contributed by atoms with Gasteiger partial charge in [0.15, 0.2) is 0 Å². The fourth-order valence-corrected chi connectivity index (χ4v) is 2.60. The summed E-state index contributed by atoms with van der Waals surface area (Å²) in [6, 6.07) is 6.64. The van der Waals surface area contributed by atoms with Crippen LogP contribution in [0.15, 0.2) is 29.3 Å². The predicted molar refractivity (Wildman–Crippen MR) is 102 cm³/mol. The summed E-state index contributed by atoms with van der Waals surface area (Å²) < 4.78 is 0. The number of aliphatic imine (C=N–C) groups is 1. The molecule has 0 aliphatic heterocycles. The Bertz CT molecular complexity index is 547. The topological polar surface area (TPSA) is 66.7 Å². The Hall–Kier alpha value is -1.97. The molecule has 0 saturated heterocycles. The largest absolute Gasteiger partial charge is 0.478 e. The maximum absolute atomic E-state index is 11.8. The zero-order valence-corrected chi connectivity index (χ0v) is 15.5. The lowest BCUT2D eigenvalue weighted by Crippen LogP contribution is -1.99. The fraction of sp³-hybridized carbons (Fsp3) is 0.571. The van der Waals surface area contributed by atoms with E-state index in [0.29, 0.717) is 19.4 Å². The molecule has 0 aliphatic rings. The Morgan fingerprint density at radius 2 is 1.68 bits per heavy atom. The molecule has 1 rings (SSSR count). The molecule has 0 heterocycles. The predicted octanol–water partition coefficient (Wildman–Crippen LogP) is 5.30. The van der Waals surface area contributed by atoms with Crippen LogP contribution in [-0.4, -0.2) is 23.1 Å². The lowest BCUT2D eigenvalue weighted by molar-refractivity contribution is -0.117. The van der Waals surface area contributed by atoms with Gasteiger partial charge in [-0.05, 0) is 30.0 Å². The molecule has 0 unspecified atom stereocenters. The molecular weight excluding hydrogens is 314 g/mol. The third-order valence-electron chi connectivity index (χ3n) is 4.16. The van der Waals surface area contributed by atoms with Crippen molar-refractivity contribution in [2.75, 3.05) is 0 Å². The van der Waals surface area contributed by atoms with Gasteiger partial charge in [0.05, 0.1) is 12.1 Å². The molecular formula is C21H31NO3. The SMILES string of the molecule is CC(C)CCCCCCCC(=O)CC=NCc1ccc(C(=O)O)cc1. The van der Waals surface area contributed by atoms with Crippen molar-refractivity contribution in [2.45, 2.75) is 71.8 Å². The molecule has 0 atom stereocenters. The molecule has 0 spiro atoms. The van der Waals surface area contributed by atoms with E-state index in [1.807, 2.05) is 0 Å². The number of unbranched alkanes of at least 4 members (excludes halogenated alkanes) is 4. The van der Waals surface area contributed by atoms with Crippen LogP contribution in [0.5, 0.6) is 0 Å². The lowest BCUT2D eigenvalue weighted by Gasteiger charge is -2.04. The van der Waals surface area contributed by atoms with Gasteiger partial charge in [0.2, 0.25) is 0 Å². The molecule has 4 heteroatoms. The number of carbonyl (C=O) groups excluding carboxylic acids is 1. The first kappa shape index (κ1) is 21.1. The lowest BCUT2D eigenvalue weighted by atomic mass is 10.0. The summed E-state index contributed by atoms with van der Waals surface area (Å²) in [6.07, 6.45) is 9.91. The number of benzene rings is 1. The van der Waals surface area contributed by atoms with Crippen LogP contribution in [0, 0.1) is 5.92 Å². The summed E-state index contributed by atoms with van der Waals surface area (Å²) in [5.41, 5.74) is 1.21. The summed E-state index contributed by atoms with van der Waals surface area (Å²) in [5.74, 6) is 0.101. The maximum Gasteiger partial charge on any atom is 0.335 e. The van der Waals surface area contributed by atoms with E-state index in [1.54, 1.807) is 30.5 Å². The Kier molecular flexibility index (Phi) is 10.5. The van der Waals surface area contributed by atoms with E-state index in [4.69, 9.17) is 5.11 Å². The second kappa shape index (κ2) is 12.4. The molecule has 1 N–H and O–H groups in total. The molecule has 4 nitrogen and oxygen atoms in total. The van der Waals surface area contributed by atoms with Gasteiger partial charge in [-0.15, -0.1) is 0 Å². The number of hydrogen-bond donors (Lipinski definition) is 1. The smallest absolute Gasteiger partial charge is 0.335 e. The van der Waals surface area contributed by atoms with Crippen molar-refractivity contribution in [3.63, 3.8) is 0 Å². The molecule has 1 aromatic rings. The fourth-order valence-electron chi connectivity index (χ4n) is 2.60. The van der Waals surface area contributed by atoms with Gasteiger partial charge in [-0.25, -0.2) is 4.79 Å². The number of carbonyl (C=O) groups is 2. The first-order chi connectivity index (χ1) is 12.0. The van der Waals surface area contributed by atoms with E-state index in [9.17, 15) is 9.59 Å². The van der Waals surface area contributed by atoms with Crippen molar-refractivity contribution in [3.8, 4) is 0 Å². The standard InChI is InChI=1S/C21H31NO3/c1-17(2)8-6-4-3-5-7-9-20(23)14-15-22-16-18-10-12-19(13-11-18)21(24)25/h10-13,15,17H,3-9,14,16H2,1-2H3,(H,24,25). The van der Waals surface area contributed by atoms with E-state index in [0.717, 1.165) is 24.3 Å². The van der Waals surface area contributed by atoms with Crippen molar-refractivity contribution >= 4 is 18.0 Å². The summed E-state index contributed by atoms with van der Waals surface area (Å²) in [5, 5.41) is 8.84. The summed E-state index contributed by atoms with van der Waals surface area (Å²) >= 11 is 0.